The van der Waals surface area contributed by atoms with Gasteiger partial charge >= 0.3 is 27.7 Å². The molecule has 0 aromatic heterocycles. The van der Waals surface area contributed by atoms with Gasteiger partial charge in [0, 0.05) is 0 Å². The fourth-order valence-electron chi connectivity index (χ4n) is 1.79. The monoisotopic (exact) mass is 393 g/mol. The topological polar surface area (TPSA) is 72.5 Å². The molecule has 0 radical (unpaired) electrons. The molecule has 0 bridgehead atoms. The molecule has 0 amide bonds. The zero-order valence-corrected chi connectivity index (χ0v) is 13.4. The first kappa shape index (κ1) is 21.2. The number of carbonyl (C=O) groups is 1. The fourth-order valence-corrected chi connectivity index (χ4v) is 2.51. The number of hydrogen-bond donors (Lipinski definition) is 1. The number of aryl methyl sites for hydroxylation is 1. The van der Waals surface area contributed by atoms with Gasteiger partial charge in [0.2, 0.25) is 0 Å². The molecule has 5 nitrogen and oxygen atoms in total. The van der Waals surface area contributed by atoms with Crippen molar-refractivity contribution in [1.29, 1.82) is 0 Å². The summed E-state index contributed by atoms with van der Waals surface area (Å²) in [5.74, 6) is -1.25. The lowest BCUT2D eigenvalue weighted by Gasteiger charge is -2.17. The maximum absolute atomic E-state index is 12.4. The quantitative estimate of drug-likeness (QED) is 0.596. The van der Waals surface area contributed by atoms with Gasteiger partial charge in [-0.1, -0.05) is 12.1 Å². The molecule has 0 heterocycles. The second-order valence-electron chi connectivity index (χ2n) is 4.88. The molecule has 0 aliphatic heterocycles. The SMILES string of the molecule is COC(=O)[C@H](CCc1ccc(C(F)(F)F)cc1)NS(=O)(=O)C(F)(F)F. The van der Waals surface area contributed by atoms with E-state index in [2.05, 4.69) is 4.74 Å². The molecule has 142 valence electrons. The van der Waals surface area contributed by atoms with E-state index in [1.807, 2.05) is 0 Å². The van der Waals surface area contributed by atoms with Crippen LogP contribution in [0.5, 0.6) is 0 Å². The van der Waals surface area contributed by atoms with Crippen molar-refractivity contribution < 1.29 is 44.3 Å². The normalized spacial score (nSPS) is 14.2. The first-order valence-corrected chi connectivity index (χ1v) is 8.09. The minimum absolute atomic E-state index is 0.154. The summed E-state index contributed by atoms with van der Waals surface area (Å²) >= 11 is 0. The molecule has 12 heteroatoms. The number of esters is 1. The average Bonchev–Trinajstić information content (AvgIpc) is 2.49. The fraction of sp³-hybridized carbons (Fsp3) is 0.462. The Morgan fingerprint density at radius 3 is 2.04 bits per heavy atom. The number of methoxy groups -OCH3 is 1. The Bertz CT molecular complexity index is 697. The van der Waals surface area contributed by atoms with Gasteiger partial charge in [-0.25, -0.2) is 8.42 Å². The third-order valence-electron chi connectivity index (χ3n) is 3.09. The number of alkyl halides is 6. The molecule has 0 unspecified atom stereocenters. The summed E-state index contributed by atoms with van der Waals surface area (Å²) in [6.07, 6.45) is -5.14. The third kappa shape index (κ3) is 5.88. The van der Waals surface area contributed by atoms with Crippen LogP contribution >= 0.6 is 0 Å². The van der Waals surface area contributed by atoms with Crippen LogP contribution in [-0.2, 0) is 32.2 Å². The molecule has 1 aromatic carbocycles. The van der Waals surface area contributed by atoms with Gasteiger partial charge in [-0.2, -0.15) is 31.1 Å². The van der Waals surface area contributed by atoms with E-state index in [0.29, 0.717) is 0 Å². The van der Waals surface area contributed by atoms with Gasteiger partial charge in [-0.05, 0) is 30.5 Å². The van der Waals surface area contributed by atoms with Gasteiger partial charge in [0.1, 0.15) is 6.04 Å². The summed E-state index contributed by atoms with van der Waals surface area (Å²) in [4.78, 5) is 11.5. The molecular weight excluding hydrogens is 380 g/mol. The number of hydrogen-bond acceptors (Lipinski definition) is 4. The van der Waals surface area contributed by atoms with E-state index < -0.39 is 45.7 Å². The van der Waals surface area contributed by atoms with Crippen LogP contribution in [0.3, 0.4) is 0 Å². The van der Waals surface area contributed by atoms with Gasteiger partial charge in [-0.3, -0.25) is 4.79 Å². The number of ether oxygens (including phenoxy) is 1. The van der Waals surface area contributed by atoms with Crippen molar-refractivity contribution in [2.24, 2.45) is 0 Å². The van der Waals surface area contributed by atoms with Crippen LogP contribution in [0.15, 0.2) is 24.3 Å². The molecule has 0 saturated carbocycles. The maximum Gasteiger partial charge on any atom is 0.511 e. The summed E-state index contributed by atoms with van der Waals surface area (Å²) in [6, 6.07) is 1.86. The highest BCUT2D eigenvalue weighted by atomic mass is 32.2. The molecule has 1 atom stereocenters. The summed E-state index contributed by atoms with van der Waals surface area (Å²) in [6.45, 7) is 0. The number of halogens is 6. The minimum atomic E-state index is -5.78. The predicted molar refractivity (Wildman–Crippen MR) is 73.7 cm³/mol. The van der Waals surface area contributed by atoms with E-state index in [-0.39, 0.29) is 12.0 Å². The lowest BCUT2D eigenvalue weighted by atomic mass is 10.0. The van der Waals surface area contributed by atoms with Crippen molar-refractivity contribution in [3.8, 4) is 0 Å². The second-order valence-corrected chi connectivity index (χ2v) is 6.58. The predicted octanol–water partition coefficient (Wildman–Crippen LogP) is 2.62. The van der Waals surface area contributed by atoms with Crippen molar-refractivity contribution in [2.45, 2.75) is 30.6 Å². The number of sulfonamides is 1. The van der Waals surface area contributed by atoms with Crippen LogP contribution in [0, 0.1) is 0 Å². The molecule has 0 aliphatic rings. The largest absolute Gasteiger partial charge is 0.511 e. The van der Waals surface area contributed by atoms with Gasteiger partial charge < -0.3 is 4.74 Å². The van der Waals surface area contributed by atoms with E-state index in [1.165, 1.54) is 4.72 Å². The van der Waals surface area contributed by atoms with Crippen molar-refractivity contribution in [1.82, 2.24) is 4.72 Å². The highest BCUT2D eigenvalue weighted by molar-refractivity contribution is 7.90. The molecule has 0 fully saturated rings. The number of nitrogens with one attached hydrogen (secondary N) is 1. The van der Waals surface area contributed by atoms with Crippen LogP contribution < -0.4 is 4.72 Å². The van der Waals surface area contributed by atoms with E-state index in [4.69, 9.17) is 0 Å². The summed E-state index contributed by atoms with van der Waals surface area (Å²) in [5.41, 5.74) is -6.26. The summed E-state index contributed by atoms with van der Waals surface area (Å²) in [5, 5.41) is 0. The summed E-state index contributed by atoms with van der Waals surface area (Å²) in [7, 11) is -4.93. The highest BCUT2D eigenvalue weighted by Crippen LogP contribution is 2.29. The molecule has 0 spiro atoms. The van der Waals surface area contributed by atoms with Crippen molar-refractivity contribution in [3.05, 3.63) is 35.4 Å². The van der Waals surface area contributed by atoms with E-state index in [9.17, 15) is 39.6 Å². The first-order valence-electron chi connectivity index (χ1n) is 6.60. The highest BCUT2D eigenvalue weighted by Gasteiger charge is 2.47. The van der Waals surface area contributed by atoms with Gasteiger partial charge in [0.15, 0.2) is 0 Å². The van der Waals surface area contributed by atoms with Crippen LogP contribution in [0.25, 0.3) is 0 Å². The van der Waals surface area contributed by atoms with E-state index >= 15 is 0 Å². The van der Waals surface area contributed by atoms with Gasteiger partial charge in [-0.15, -0.1) is 0 Å². The lowest BCUT2D eigenvalue weighted by Crippen LogP contribution is -2.47. The van der Waals surface area contributed by atoms with E-state index in [1.54, 1.807) is 0 Å². The molecule has 0 aliphatic carbocycles. The zero-order chi connectivity index (χ0) is 19.5. The lowest BCUT2D eigenvalue weighted by molar-refractivity contribution is -0.142. The molecule has 1 rings (SSSR count). The Morgan fingerprint density at radius 2 is 1.64 bits per heavy atom. The van der Waals surface area contributed by atoms with Crippen molar-refractivity contribution >= 4 is 16.0 Å². The van der Waals surface area contributed by atoms with Crippen LogP contribution in [0.2, 0.25) is 0 Å². The Balaban J connectivity index is 2.86. The molecule has 1 aromatic rings. The van der Waals surface area contributed by atoms with Crippen LogP contribution in [0.4, 0.5) is 26.3 Å². The standard InChI is InChI=1S/C13H13F6NO4S/c1-24-11(21)10(20-25(22,23)13(17,18)19)7-4-8-2-5-9(6-3-8)12(14,15)16/h2-3,5-6,10,20H,4,7H2,1H3/t10-/m0/s1. The zero-order valence-electron chi connectivity index (χ0n) is 12.6. The Hall–Kier alpha value is -1.82. The molecule has 25 heavy (non-hydrogen) atoms. The van der Waals surface area contributed by atoms with Gasteiger partial charge in [0.05, 0.1) is 12.7 Å². The van der Waals surface area contributed by atoms with E-state index in [0.717, 1.165) is 31.4 Å². The number of rotatable bonds is 6. The average molecular weight is 393 g/mol. The molecular formula is C13H13F6NO4S. The second kappa shape index (κ2) is 7.60. The van der Waals surface area contributed by atoms with Crippen molar-refractivity contribution in [2.75, 3.05) is 7.11 Å². The number of carbonyl (C=O) groups excluding carboxylic acids is 1. The molecule has 1 N–H and O–H groups in total. The molecule has 0 saturated heterocycles. The Kier molecular flexibility index (Phi) is 6.45. The smallest absolute Gasteiger partial charge is 0.468 e. The van der Waals surface area contributed by atoms with Crippen LogP contribution in [0.1, 0.15) is 17.5 Å². The Labute approximate surface area is 139 Å². The maximum atomic E-state index is 12.4. The number of benzene rings is 1. The van der Waals surface area contributed by atoms with Crippen LogP contribution in [-0.4, -0.2) is 33.0 Å². The van der Waals surface area contributed by atoms with Gasteiger partial charge in [0.25, 0.3) is 0 Å². The Morgan fingerprint density at radius 1 is 1.12 bits per heavy atom. The van der Waals surface area contributed by atoms with Crippen molar-refractivity contribution in [3.63, 3.8) is 0 Å². The minimum Gasteiger partial charge on any atom is -0.468 e. The third-order valence-corrected chi connectivity index (χ3v) is 4.30. The first-order chi connectivity index (χ1) is 11.3. The summed E-state index contributed by atoms with van der Waals surface area (Å²) < 4.78 is 102.